The highest BCUT2D eigenvalue weighted by Crippen LogP contribution is 2.19. The molecule has 1 fully saturated rings. The Labute approximate surface area is 121 Å². The van der Waals surface area contributed by atoms with Crippen molar-refractivity contribution in [1.82, 2.24) is 4.57 Å². The zero-order chi connectivity index (χ0) is 12.3. The number of carboxylic acid groups (broad SMARTS) is 1. The van der Waals surface area contributed by atoms with Crippen LogP contribution in [0.5, 0.6) is 0 Å². The molecule has 1 aromatic heterocycles. The zero-order valence-corrected chi connectivity index (χ0v) is 13.0. The van der Waals surface area contributed by atoms with E-state index in [1.165, 1.54) is 37.0 Å². The summed E-state index contributed by atoms with van der Waals surface area (Å²) in [6.45, 7) is 0. The molecule has 0 radical (unpaired) electrons. The van der Waals surface area contributed by atoms with Crippen molar-refractivity contribution in [3.8, 4) is 0 Å². The lowest BCUT2D eigenvalue weighted by atomic mass is 10.1. The van der Waals surface area contributed by atoms with Crippen LogP contribution in [-0.4, -0.2) is 21.7 Å². The first kappa shape index (κ1) is 15.4. The molecule has 0 spiro atoms. The molecule has 0 aromatic carbocycles. The van der Waals surface area contributed by atoms with E-state index in [1.807, 2.05) is 0 Å². The van der Waals surface area contributed by atoms with Crippen molar-refractivity contribution in [3.63, 3.8) is 0 Å². The smallest absolute Gasteiger partial charge is 0.353 e. The molecule has 102 valence electrons. The molecule has 0 saturated heterocycles. The van der Waals surface area contributed by atoms with Crippen molar-refractivity contribution in [1.29, 1.82) is 0 Å². The van der Waals surface area contributed by atoms with Gasteiger partial charge in [0.25, 0.3) is 0 Å². The van der Waals surface area contributed by atoms with Crippen molar-refractivity contribution in [3.05, 3.63) is 15.9 Å². The van der Waals surface area contributed by atoms with E-state index in [4.69, 9.17) is 10.1 Å². The third-order valence-corrected chi connectivity index (χ3v) is 4.19. The van der Waals surface area contributed by atoms with Crippen molar-refractivity contribution in [2.45, 2.75) is 44.6 Å². The Hall–Kier alpha value is -0.620. The van der Waals surface area contributed by atoms with Gasteiger partial charge in [0.1, 0.15) is 5.69 Å². The van der Waals surface area contributed by atoms with Crippen molar-refractivity contribution in [2.75, 3.05) is 0 Å². The van der Waals surface area contributed by atoms with Gasteiger partial charge in [0.05, 0.1) is 6.04 Å². The Morgan fingerprint density at radius 3 is 2.50 bits per heavy atom. The summed E-state index contributed by atoms with van der Waals surface area (Å²) in [6, 6.07) is 0.379. The van der Waals surface area contributed by atoms with Crippen LogP contribution in [-0.2, 0) is 7.05 Å². The highest BCUT2D eigenvalue weighted by atomic mass is 79.9. The van der Waals surface area contributed by atoms with Gasteiger partial charge in [-0.3, -0.25) is 4.99 Å². The summed E-state index contributed by atoms with van der Waals surface area (Å²) in [7, 11) is 1.77. The molecule has 1 aromatic rings. The largest absolute Gasteiger partial charge is 0.477 e. The molecule has 0 amide bonds. The van der Waals surface area contributed by atoms with Gasteiger partial charge in [-0.1, -0.05) is 25.7 Å². The van der Waals surface area contributed by atoms with Crippen LogP contribution in [0.1, 0.15) is 49.0 Å². The summed E-state index contributed by atoms with van der Waals surface area (Å²) in [5.74, 6) is -0.883. The lowest BCUT2D eigenvalue weighted by Gasteiger charge is -2.07. The van der Waals surface area contributed by atoms with Crippen LogP contribution in [0, 0.1) is 0 Å². The van der Waals surface area contributed by atoms with E-state index < -0.39 is 5.97 Å². The Morgan fingerprint density at radius 1 is 1.39 bits per heavy atom. The highest BCUT2D eigenvalue weighted by Gasteiger charge is 2.13. The third kappa shape index (κ3) is 3.68. The number of nitrogens with zero attached hydrogens (tertiary/aromatic N) is 2. The Balaban J connectivity index is 0.00000162. The van der Waals surface area contributed by atoms with Crippen molar-refractivity contribution < 1.29 is 9.90 Å². The van der Waals surface area contributed by atoms with Gasteiger partial charge >= 0.3 is 5.97 Å². The van der Waals surface area contributed by atoms with Crippen LogP contribution >= 0.6 is 28.3 Å². The first-order chi connectivity index (χ1) is 8.18. The van der Waals surface area contributed by atoms with E-state index in [0.29, 0.717) is 11.7 Å². The monoisotopic (exact) mass is 334 g/mol. The molecule has 0 bridgehead atoms. The van der Waals surface area contributed by atoms with Crippen LogP contribution in [0.25, 0.3) is 0 Å². The molecule has 18 heavy (non-hydrogen) atoms. The minimum atomic E-state index is -0.883. The molecular weight excluding hydrogens is 316 g/mol. The van der Waals surface area contributed by atoms with Gasteiger partial charge in [0, 0.05) is 12.4 Å². The summed E-state index contributed by atoms with van der Waals surface area (Å²) in [4.78, 5) is 16.5. The number of hydrogen-bond acceptors (Lipinski definition) is 3. The lowest BCUT2D eigenvalue weighted by Crippen LogP contribution is -2.19. The standard InChI is InChI=1S/C12H18N2O2S.BrH/c1-14-10(11(15)16)8-17-12(14)13-9-6-4-2-3-5-7-9;/h8-9H,2-7H2,1H3,(H,15,16);1H. The van der Waals surface area contributed by atoms with Crippen molar-refractivity contribution in [2.24, 2.45) is 12.0 Å². The zero-order valence-electron chi connectivity index (χ0n) is 10.5. The molecular formula is C12H19BrN2O2S. The molecule has 6 heteroatoms. The van der Waals surface area contributed by atoms with Gasteiger partial charge in [-0.15, -0.1) is 28.3 Å². The predicted octanol–water partition coefficient (Wildman–Crippen LogP) is 2.99. The number of halogens is 1. The molecule has 2 rings (SSSR count). The van der Waals surface area contributed by atoms with Crippen molar-refractivity contribution >= 4 is 34.3 Å². The van der Waals surface area contributed by atoms with E-state index in [0.717, 1.165) is 17.6 Å². The summed E-state index contributed by atoms with van der Waals surface area (Å²) >= 11 is 1.42. The fourth-order valence-corrected chi connectivity index (χ4v) is 3.17. The molecule has 1 aliphatic rings. The molecule has 0 atom stereocenters. The second-order valence-corrected chi connectivity index (χ2v) is 5.38. The van der Waals surface area contributed by atoms with Crippen LogP contribution in [0.3, 0.4) is 0 Å². The molecule has 1 aliphatic carbocycles. The van der Waals surface area contributed by atoms with E-state index in [9.17, 15) is 4.79 Å². The predicted molar refractivity (Wildman–Crippen MR) is 77.6 cm³/mol. The summed E-state index contributed by atoms with van der Waals surface area (Å²) in [5.41, 5.74) is 0.322. The van der Waals surface area contributed by atoms with Gasteiger partial charge in [-0.25, -0.2) is 4.79 Å². The SMILES string of the molecule is Br.Cn1c(C(=O)O)csc1=NC1CCCCCC1. The minimum Gasteiger partial charge on any atom is -0.477 e. The van der Waals surface area contributed by atoms with E-state index in [2.05, 4.69) is 0 Å². The molecule has 1 heterocycles. The average Bonchev–Trinajstić information content (AvgIpc) is 2.52. The van der Waals surface area contributed by atoms with Crippen LogP contribution in [0.15, 0.2) is 10.4 Å². The number of aromatic carboxylic acids is 1. The van der Waals surface area contributed by atoms with E-state index in [-0.39, 0.29) is 17.0 Å². The van der Waals surface area contributed by atoms with Crippen LogP contribution < -0.4 is 4.80 Å². The fourth-order valence-electron chi connectivity index (χ4n) is 2.22. The number of thiazole rings is 1. The Kier molecular flexibility index (Phi) is 6.08. The molecule has 4 nitrogen and oxygen atoms in total. The molecule has 0 aliphatic heterocycles. The van der Waals surface area contributed by atoms with Gasteiger partial charge in [-0.05, 0) is 12.8 Å². The summed E-state index contributed by atoms with van der Waals surface area (Å²) < 4.78 is 1.68. The molecule has 1 N–H and O–H groups in total. The third-order valence-electron chi connectivity index (χ3n) is 3.26. The second kappa shape index (κ2) is 7.09. The average molecular weight is 335 g/mol. The number of hydrogen-bond donors (Lipinski definition) is 1. The maximum absolute atomic E-state index is 10.9. The lowest BCUT2D eigenvalue weighted by molar-refractivity contribution is 0.0686. The number of aromatic nitrogens is 1. The Morgan fingerprint density at radius 2 is 2.00 bits per heavy atom. The number of carboxylic acids is 1. The second-order valence-electron chi connectivity index (χ2n) is 4.54. The molecule has 0 unspecified atom stereocenters. The fraction of sp³-hybridized carbons (Fsp3) is 0.667. The van der Waals surface area contributed by atoms with E-state index in [1.54, 1.807) is 17.0 Å². The maximum atomic E-state index is 10.9. The quantitative estimate of drug-likeness (QED) is 0.845. The van der Waals surface area contributed by atoms with Gasteiger partial charge < -0.3 is 9.67 Å². The normalized spacial score (nSPS) is 18.2. The van der Waals surface area contributed by atoms with Crippen LogP contribution in [0.2, 0.25) is 0 Å². The minimum absolute atomic E-state index is 0. The van der Waals surface area contributed by atoms with Gasteiger partial charge in [0.15, 0.2) is 4.80 Å². The highest BCUT2D eigenvalue weighted by molar-refractivity contribution is 8.93. The first-order valence-corrected chi connectivity index (χ1v) is 6.98. The van der Waals surface area contributed by atoms with Gasteiger partial charge in [-0.2, -0.15) is 0 Å². The Bertz CT molecular complexity index is 459. The maximum Gasteiger partial charge on any atom is 0.353 e. The van der Waals surface area contributed by atoms with Crippen LogP contribution in [0.4, 0.5) is 0 Å². The van der Waals surface area contributed by atoms with E-state index >= 15 is 0 Å². The number of rotatable bonds is 2. The summed E-state index contributed by atoms with van der Waals surface area (Å²) in [5, 5.41) is 10.6. The topological polar surface area (TPSA) is 54.6 Å². The number of carbonyl (C=O) groups is 1. The van der Waals surface area contributed by atoms with Gasteiger partial charge in [0.2, 0.25) is 0 Å². The first-order valence-electron chi connectivity index (χ1n) is 6.10. The molecule has 1 saturated carbocycles. The summed E-state index contributed by atoms with van der Waals surface area (Å²) in [6.07, 6.45) is 7.39.